The highest BCUT2D eigenvalue weighted by Crippen LogP contribution is 2.52. The molecule has 0 bridgehead atoms. The lowest BCUT2D eigenvalue weighted by atomic mass is 10.4. The van der Waals surface area contributed by atoms with E-state index < -0.39 is 25.5 Å². The van der Waals surface area contributed by atoms with Gasteiger partial charge in [0, 0.05) is 12.7 Å². The molecule has 21 heavy (non-hydrogen) atoms. The van der Waals surface area contributed by atoms with Crippen molar-refractivity contribution < 1.29 is 23.6 Å². The molecule has 0 rings (SSSR count). The molecule has 1 amide bonds. The number of hydrogen-bond acceptors (Lipinski definition) is 6. The molecule has 0 aliphatic heterocycles. The maximum Gasteiger partial charge on any atom is 0.416 e. The molecule has 0 aliphatic rings. The van der Waals surface area contributed by atoms with Gasteiger partial charge < -0.3 is 9.47 Å². The summed E-state index contributed by atoms with van der Waals surface area (Å²) in [5, 5.41) is 0. The van der Waals surface area contributed by atoms with Gasteiger partial charge >= 0.3 is 12.1 Å². The van der Waals surface area contributed by atoms with Crippen LogP contribution in [-0.4, -0.2) is 53.5 Å². The second kappa shape index (κ2) is 9.02. The summed E-state index contributed by atoms with van der Waals surface area (Å²) in [5.74, 6) is 5.28. The predicted molar refractivity (Wildman–Crippen MR) is 79.7 cm³/mol. The van der Waals surface area contributed by atoms with E-state index in [4.69, 9.17) is 15.3 Å². The average Bonchev–Trinajstić information content (AvgIpc) is 2.46. The topological polar surface area (TPSA) is 102 Å². The maximum absolute atomic E-state index is 13.1. The van der Waals surface area contributed by atoms with Crippen LogP contribution >= 0.6 is 7.44 Å². The summed E-state index contributed by atoms with van der Waals surface area (Å²) >= 11 is 0. The van der Waals surface area contributed by atoms with Gasteiger partial charge in [0.25, 0.3) is 7.44 Å². The summed E-state index contributed by atoms with van der Waals surface area (Å²) in [5.41, 5.74) is 0. The van der Waals surface area contributed by atoms with Gasteiger partial charge in [-0.05, 0) is 27.7 Å². The summed E-state index contributed by atoms with van der Waals surface area (Å²) in [7, 11) is -3.45. The first-order chi connectivity index (χ1) is 9.79. The molecule has 0 aromatic carbocycles. The van der Waals surface area contributed by atoms with Crippen molar-refractivity contribution in [2.75, 3.05) is 25.9 Å². The third-order valence-corrected chi connectivity index (χ3v) is 6.05. The fourth-order valence-corrected chi connectivity index (χ4v) is 4.08. The normalized spacial score (nSPS) is 15.2. The van der Waals surface area contributed by atoms with Gasteiger partial charge in [-0.2, -0.15) is 4.78 Å². The Morgan fingerprint density at radius 2 is 1.67 bits per heavy atom. The summed E-state index contributed by atoms with van der Waals surface area (Å²) in [6, 6.07) is -0.931. The van der Waals surface area contributed by atoms with Crippen LogP contribution < -0.4 is 5.84 Å². The highest BCUT2D eigenvalue weighted by molar-refractivity contribution is 7.59. The largest absolute Gasteiger partial charge is 0.465 e. The molecule has 0 radical (unpaired) electrons. The monoisotopic (exact) mass is 323 g/mol. The molecule has 124 valence electrons. The Hall–Kier alpha value is -1.11. The van der Waals surface area contributed by atoms with Crippen molar-refractivity contribution in [3.63, 3.8) is 0 Å². The van der Waals surface area contributed by atoms with Gasteiger partial charge in [-0.1, -0.05) is 6.92 Å². The maximum atomic E-state index is 13.1. The van der Waals surface area contributed by atoms with Crippen molar-refractivity contribution in [1.29, 1.82) is 0 Å². The van der Waals surface area contributed by atoms with Crippen LogP contribution in [0.1, 0.15) is 34.6 Å². The van der Waals surface area contributed by atoms with Gasteiger partial charge in [0.05, 0.1) is 13.2 Å². The highest BCUT2D eigenvalue weighted by Gasteiger charge is 2.41. The number of hydrazine groups is 1. The van der Waals surface area contributed by atoms with E-state index in [0.29, 0.717) is 0 Å². The SMILES string of the molecule is CCOC(=O)C(C)N(N)P(=O)(CC)N(CC)C(=O)OCC. The van der Waals surface area contributed by atoms with Crippen LogP contribution in [-0.2, 0) is 18.8 Å². The molecule has 0 aliphatic carbocycles. The summed E-state index contributed by atoms with van der Waals surface area (Å²) in [6.45, 7) is 8.64. The first kappa shape index (κ1) is 19.9. The molecule has 0 saturated carbocycles. The van der Waals surface area contributed by atoms with E-state index in [1.807, 2.05) is 0 Å². The smallest absolute Gasteiger partial charge is 0.416 e. The lowest BCUT2D eigenvalue weighted by molar-refractivity contribution is -0.147. The predicted octanol–water partition coefficient (Wildman–Crippen LogP) is 1.81. The van der Waals surface area contributed by atoms with Crippen molar-refractivity contribution in [2.45, 2.75) is 40.7 Å². The zero-order valence-electron chi connectivity index (χ0n) is 13.4. The lowest BCUT2D eigenvalue weighted by Crippen LogP contribution is -2.48. The van der Waals surface area contributed by atoms with Crippen LogP contribution in [0, 0.1) is 0 Å². The minimum absolute atomic E-state index is 0.0971. The molecular weight excluding hydrogens is 297 g/mol. The van der Waals surface area contributed by atoms with Gasteiger partial charge in [-0.25, -0.2) is 9.46 Å². The van der Waals surface area contributed by atoms with Crippen molar-refractivity contribution in [3.8, 4) is 0 Å². The Bertz CT molecular complexity index is 404. The second-order valence-electron chi connectivity index (χ2n) is 4.20. The highest BCUT2D eigenvalue weighted by atomic mass is 31.2. The van der Waals surface area contributed by atoms with Crippen LogP contribution in [0.4, 0.5) is 4.79 Å². The van der Waals surface area contributed by atoms with Gasteiger partial charge in [-0.3, -0.25) is 15.2 Å². The number of rotatable bonds is 8. The van der Waals surface area contributed by atoms with Crippen molar-refractivity contribution in [2.24, 2.45) is 5.84 Å². The number of nitrogens with two attached hydrogens (primary N) is 1. The van der Waals surface area contributed by atoms with Crippen molar-refractivity contribution in [1.82, 2.24) is 9.45 Å². The van der Waals surface area contributed by atoms with Crippen LogP contribution in [0.3, 0.4) is 0 Å². The third kappa shape index (κ3) is 4.69. The standard InChI is InChI=1S/C12H26N3O5P/c1-6-14(12(17)20-8-3)21(18,9-4)15(13)10(5)11(16)19-7-2/h10H,6-9,13H2,1-5H3. The van der Waals surface area contributed by atoms with E-state index in [0.717, 1.165) is 9.45 Å². The Kier molecular flexibility index (Phi) is 8.54. The van der Waals surface area contributed by atoms with Gasteiger partial charge in [-0.15, -0.1) is 0 Å². The second-order valence-corrected chi connectivity index (χ2v) is 7.11. The molecule has 0 spiro atoms. The van der Waals surface area contributed by atoms with Crippen LogP contribution in [0.5, 0.6) is 0 Å². The summed E-state index contributed by atoms with van der Waals surface area (Å²) in [6.07, 6.45) is -0.614. The van der Waals surface area contributed by atoms with E-state index in [-0.39, 0.29) is 25.9 Å². The number of carbonyl (C=O) groups is 2. The van der Waals surface area contributed by atoms with Crippen molar-refractivity contribution in [3.05, 3.63) is 0 Å². The van der Waals surface area contributed by atoms with E-state index in [2.05, 4.69) is 0 Å². The van der Waals surface area contributed by atoms with Crippen LogP contribution in [0.25, 0.3) is 0 Å². The Labute approximate surface area is 126 Å². The van der Waals surface area contributed by atoms with Gasteiger partial charge in [0.2, 0.25) is 0 Å². The third-order valence-electron chi connectivity index (χ3n) is 2.95. The number of amides is 1. The first-order valence-electron chi connectivity index (χ1n) is 7.04. The number of nitrogens with zero attached hydrogens (tertiary/aromatic N) is 2. The van der Waals surface area contributed by atoms with E-state index >= 15 is 0 Å². The molecule has 0 aromatic heterocycles. The molecule has 0 fully saturated rings. The van der Waals surface area contributed by atoms with Gasteiger partial charge in [0.1, 0.15) is 6.04 Å². The Morgan fingerprint density at radius 1 is 1.14 bits per heavy atom. The minimum Gasteiger partial charge on any atom is -0.465 e. The molecule has 2 unspecified atom stereocenters. The zero-order chi connectivity index (χ0) is 16.6. The number of ether oxygens (including phenoxy) is 2. The zero-order valence-corrected chi connectivity index (χ0v) is 14.3. The first-order valence-corrected chi connectivity index (χ1v) is 8.84. The van der Waals surface area contributed by atoms with Crippen LogP contribution in [0.2, 0.25) is 0 Å². The Morgan fingerprint density at radius 3 is 2.05 bits per heavy atom. The fourth-order valence-electron chi connectivity index (χ4n) is 1.78. The number of hydrogen-bond donors (Lipinski definition) is 1. The average molecular weight is 323 g/mol. The molecule has 2 N–H and O–H groups in total. The number of carbonyl (C=O) groups excluding carboxylic acids is 2. The van der Waals surface area contributed by atoms with Crippen LogP contribution in [0.15, 0.2) is 0 Å². The molecule has 9 heteroatoms. The molecule has 2 atom stereocenters. The van der Waals surface area contributed by atoms with E-state index in [9.17, 15) is 14.2 Å². The van der Waals surface area contributed by atoms with E-state index in [1.165, 1.54) is 6.92 Å². The summed E-state index contributed by atoms with van der Waals surface area (Å²) in [4.78, 5) is 23.7. The molecular formula is C12H26N3O5P. The molecule has 0 heterocycles. The number of esters is 1. The minimum atomic E-state index is -3.45. The van der Waals surface area contributed by atoms with Gasteiger partial charge in [0.15, 0.2) is 0 Å². The van der Waals surface area contributed by atoms with E-state index in [1.54, 1.807) is 27.7 Å². The fraction of sp³-hybridized carbons (Fsp3) is 0.833. The molecule has 0 aromatic rings. The quantitative estimate of drug-likeness (QED) is 0.314. The summed E-state index contributed by atoms with van der Waals surface area (Å²) < 4.78 is 24.9. The lowest BCUT2D eigenvalue weighted by Gasteiger charge is -2.37. The Balaban J connectivity index is 5.35. The molecule has 8 nitrogen and oxygen atoms in total. The molecule has 0 saturated heterocycles. The van der Waals surface area contributed by atoms with Crippen molar-refractivity contribution >= 4 is 19.5 Å².